The van der Waals surface area contributed by atoms with Gasteiger partial charge in [0, 0.05) is 55.7 Å². The van der Waals surface area contributed by atoms with Gasteiger partial charge in [0.25, 0.3) is 0 Å². The van der Waals surface area contributed by atoms with E-state index in [1.807, 2.05) is 12.1 Å². The van der Waals surface area contributed by atoms with Gasteiger partial charge in [-0.25, -0.2) is 0 Å². The fraction of sp³-hybridized carbons (Fsp3) is 0.0508. The Labute approximate surface area is 365 Å². The highest BCUT2D eigenvalue weighted by Gasteiger charge is 2.22. The predicted octanol–water partition coefficient (Wildman–Crippen LogP) is 17.3. The van der Waals surface area contributed by atoms with Gasteiger partial charge >= 0.3 is 0 Å². The third kappa shape index (κ3) is 5.98. The van der Waals surface area contributed by atoms with Crippen molar-refractivity contribution in [3.8, 4) is 11.1 Å². The molecule has 4 heteroatoms. The van der Waals surface area contributed by atoms with Crippen LogP contribution in [0.2, 0.25) is 0 Å². The number of para-hydroxylation sites is 4. The highest BCUT2D eigenvalue weighted by Crippen LogP contribution is 2.46. The summed E-state index contributed by atoms with van der Waals surface area (Å²) in [4.78, 5) is 4.65. The van der Waals surface area contributed by atoms with Crippen molar-refractivity contribution < 1.29 is 8.83 Å². The third-order valence-electron chi connectivity index (χ3n) is 12.7. The molecule has 0 saturated heterocycles. The zero-order valence-corrected chi connectivity index (χ0v) is 35.3. The molecule has 0 amide bonds. The maximum Gasteiger partial charge on any atom is 0.159 e. The van der Waals surface area contributed by atoms with E-state index in [0.717, 1.165) is 88.8 Å². The molecule has 0 bridgehead atoms. The standard InChI is InChI=1S/C59H42N2O2/c1-37-33-38(2)57(39(3)34-37)61(43-17-8-5-9-18-43)45-30-32-51-55(36-45)63-59-50-31-27-41(35-52(50)46-19-10-11-21-48(46)56(51)59)40-25-28-44(29-26-40)60(42-15-6-4-7-16-42)53-23-14-22-49-47-20-12-13-24-54(47)62-58(49)53/h4-36H,1-3H3. The molecule has 0 atom stereocenters. The number of hydrogen-bond acceptors (Lipinski definition) is 4. The van der Waals surface area contributed by atoms with Crippen LogP contribution >= 0.6 is 0 Å². The monoisotopic (exact) mass is 810 g/mol. The fourth-order valence-corrected chi connectivity index (χ4v) is 9.99. The van der Waals surface area contributed by atoms with Crippen LogP contribution in [0.15, 0.2) is 209 Å². The van der Waals surface area contributed by atoms with Gasteiger partial charge in [-0.15, -0.1) is 0 Å². The highest BCUT2D eigenvalue weighted by molar-refractivity contribution is 6.30. The van der Waals surface area contributed by atoms with E-state index in [1.165, 1.54) is 38.5 Å². The molecule has 4 nitrogen and oxygen atoms in total. The van der Waals surface area contributed by atoms with Crippen molar-refractivity contribution in [3.63, 3.8) is 0 Å². The molecule has 63 heavy (non-hydrogen) atoms. The Balaban J connectivity index is 0.977. The van der Waals surface area contributed by atoms with Gasteiger partial charge < -0.3 is 18.6 Å². The lowest BCUT2D eigenvalue weighted by Crippen LogP contribution is -2.13. The number of hydrogen-bond donors (Lipinski definition) is 0. The average molecular weight is 811 g/mol. The van der Waals surface area contributed by atoms with Gasteiger partial charge in [-0.2, -0.15) is 0 Å². The number of furan rings is 2. The summed E-state index contributed by atoms with van der Waals surface area (Å²) >= 11 is 0. The van der Waals surface area contributed by atoms with Crippen molar-refractivity contribution >= 4 is 99.5 Å². The van der Waals surface area contributed by atoms with Crippen molar-refractivity contribution in [1.82, 2.24) is 0 Å². The van der Waals surface area contributed by atoms with E-state index in [1.54, 1.807) is 0 Å². The quantitative estimate of drug-likeness (QED) is 0.150. The summed E-state index contributed by atoms with van der Waals surface area (Å²) in [7, 11) is 0. The van der Waals surface area contributed by atoms with Crippen molar-refractivity contribution in [3.05, 3.63) is 217 Å². The lowest BCUT2D eigenvalue weighted by Gasteiger charge is -2.29. The van der Waals surface area contributed by atoms with E-state index >= 15 is 0 Å². The summed E-state index contributed by atoms with van der Waals surface area (Å²) in [6.45, 7) is 6.57. The van der Waals surface area contributed by atoms with E-state index in [0.29, 0.717) is 0 Å². The summed E-state index contributed by atoms with van der Waals surface area (Å²) in [6, 6.07) is 71.5. The second-order valence-corrected chi connectivity index (χ2v) is 16.7. The van der Waals surface area contributed by atoms with Crippen LogP contribution in [0.1, 0.15) is 16.7 Å². The van der Waals surface area contributed by atoms with Gasteiger partial charge in [0.2, 0.25) is 0 Å². The largest absolute Gasteiger partial charge is 0.455 e. The molecule has 0 unspecified atom stereocenters. The molecular weight excluding hydrogens is 769 g/mol. The van der Waals surface area contributed by atoms with Crippen molar-refractivity contribution in [2.45, 2.75) is 20.8 Å². The average Bonchev–Trinajstić information content (AvgIpc) is 3.90. The first-order chi connectivity index (χ1) is 31.0. The van der Waals surface area contributed by atoms with Crippen LogP contribution in [0.4, 0.5) is 34.1 Å². The Kier molecular flexibility index (Phi) is 8.48. The van der Waals surface area contributed by atoms with Crippen molar-refractivity contribution in [2.24, 2.45) is 0 Å². The molecule has 0 radical (unpaired) electrons. The lowest BCUT2D eigenvalue weighted by atomic mass is 9.94. The van der Waals surface area contributed by atoms with Gasteiger partial charge in [0.1, 0.15) is 16.7 Å². The molecule has 0 saturated carbocycles. The molecule has 0 fully saturated rings. The van der Waals surface area contributed by atoms with E-state index in [4.69, 9.17) is 8.83 Å². The Morgan fingerprint density at radius 2 is 0.889 bits per heavy atom. The Hall–Kier alpha value is -8.08. The molecule has 12 rings (SSSR count). The van der Waals surface area contributed by atoms with Gasteiger partial charge in [-0.3, -0.25) is 0 Å². The zero-order chi connectivity index (χ0) is 42.2. The molecular formula is C59H42N2O2. The van der Waals surface area contributed by atoms with E-state index in [2.05, 4.69) is 219 Å². The van der Waals surface area contributed by atoms with Crippen molar-refractivity contribution in [1.29, 1.82) is 0 Å². The summed E-state index contributed by atoms with van der Waals surface area (Å²) in [6.07, 6.45) is 0. The smallest absolute Gasteiger partial charge is 0.159 e. The molecule has 0 aliphatic rings. The molecule has 2 heterocycles. The summed E-state index contributed by atoms with van der Waals surface area (Å²) in [5.41, 5.74) is 16.0. The van der Waals surface area contributed by atoms with E-state index < -0.39 is 0 Å². The number of rotatable bonds is 7. The summed E-state index contributed by atoms with van der Waals surface area (Å²) < 4.78 is 13.5. The lowest BCUT2D eigenvalue weighted by molar-refractivity contribution is 0.669. The minimum Gasteiger partial charge on any atom is -0.455 e. The van der Waals surface area contributed by atoms with Gasteiger partial charge in [0.15, 0.2) is 5.58 Å². The molecule has 2 aromatic heterocycles. The Morgan fingerprint density at radius 3 is 1.63 bits per heavy atom. The normalized spacial score (nSPS) is 11.7. The topological polar surface area (TPSA) is 32.8 Å². The SMILES string of the molecule is Cc1cc(C)c(N(c2ccccc2)c2ccc3c(c2)oc2c4ccc(-c5ccc(N(c6ccccc6)c6cccc7c6oc6ccccc67)cc5)cc4c4ccccc4c32)c(C)c1. The first kappa shape index (κ1) is 36.7. The number of aryl methyl sites for hydroxylation is 3. The molecule has 300 valence electrons. The second-order valence-electron chi connectivity index (χ2n) is 16.7. The summed E-state index contributed by atoms with van der Waals surface area (Å²) in [5.74, 6) is 0. The van der Waals surface area contributed by atoms with Crippen LogP contribution in [0, 0.1) is 20.8 Å². The van der Waals surface area contributed by atoms with Gasteiger partial charge in [-0.1, -0.05) is 127 Å². The molecule has 0 aliphatic heterocycles. The summed E-state index contributed by atoms with van der Waals surface area (Å²) in [5, 5.41) is 9.12. The van der Waals surface area contributed by atoms with Crippen LogP contribution in [0.25, 0.3) is 76.5 Å². The first-order valence-electron chi connectivity index (χ1n) is 21.6. The number of anilines is 6. The highest BCUT2D eigenvalue weighted by atomic mass is 16.3. The Morgan fingerprint density at radius 1 is 0.333 bits per heavy atom. The van der Waals surface area contributed by atoms with Gasteiger partial charge in [-0.05, 0) is 132 Å². The number of benzene rings is 10. The minimum absolute atomic E-state index is 0.865. The van der Waals surface area contributed by atoms with Crippen LogP contribution in [0.5, 0.6) is 0 Å². The van der Waals surface area contributed by atoms with Crippen LogP contribution in [0.3, 0.4) is 0 Å². The first-order valence-corrected chi connectivity index (χ1v) is 21.6. The maximum absolute atomic E-state index is 7.00. The van der Waals surface area contributed by atoms with Crippen LogP contribution in [-0.2, 0) is 0 Å². The predicted molar refractivity (Wildman–Crippen MR) is 265 cm³/mol. The Bertz CT molecular complexity index is 3690. The molecule has 0 aliphatic carbocycles. The molecule has 10 aromatic carbocycles. The van der Waals surface area contributed by atoms with Crippen LogP contribution in [-0.4, -0.2) is 0 Å². The van der Waals surface area contributed by atoms with Gasteiger partial charge in [0.05, 0.1) is 11.4 Å². The molecule has 0 spiro atoms. The molecule has 0 N–H and O–H groups in total. The number of nitrogens with zero attached hydrogens (tertiary/aromatic N) is 2. The van der Waals surface area contributed by atoms with Crippen molar-refractivity contribution in [2.75, 3.05) is 9.80 Å². The number of fused-ring (bicyclic) bond motifs is 11. The van der Waals surface area contributed by atoms with E-state index in [9.17, 15) is 0 Å². The van der Waals surface area contributed by atoms with E-state index in [-0.39, 0.29) is 0 Å². The fourth-order valence-electron chi connectivity index (χ4n) is 9.99. The molecule has 12 aromatic rings. The zero-order valence-electron chi connectivity index (χ0n) is 35.3. The maximum atomic E-state index is 7.00. The minimum atomic E-state index is 0.865. The second kappa shape index (κ2) is 14.5. The van der Waals surface area contributed by atoms with Crippen LogP contribution < -0.4 is 9.80 Å². The third-order valence-corrected chi connectivity index (χ3v) is 12.7.